The summed E-state index contributed by atoms with van der Waals surface area (Å²) in [7, 11) is -6.71. The molecule has 6 nitrogen and oxygen atoms in total. The molecular weight excluding hydrogens is 302 g/mol. The molecule has 0 amide bonds. The van der Waals surface area contributed by atoms with Crippen LogP contribution in [-0.4, -0.2) is 33.6 Å². The van der Waals surface area contributed by atoms with Gasteiger partial charge in [0.2, 0.25) is 10.0 Å². The van der Waals surface area contributed by atoms with E-state index in [0.717, 1.165) is 5.56 Å². The van der Waals surface area contributed by atoms with Crippen LogP contribution >= 0.6 is 0 Å². The minimum atomic E-state index is -3.64. The monoisotopic (exact) mass is 319 g/mol. The molecule has 0 unspecified atom stereocenters. The standard InChI is InChI=1S/C12H17NO5S2/c14-19(15)8-6-12(7-9-19)20(16,17)13-18-10-11-4-2-1-3-5-11/h1-5,12-13H,6-10H2. The van der Waals surface area contributed by atoms with Crippen LogP contribution in [0.15, 0.2) is 30.3 Å². The number of sulfone groups is 1. The second kappa shape index (κ2) is 6.21. The van der Waals surface area contributed by atoms with E-state index in [0.29, 0.717) is 0 Å². The van der Waals surface area contributed by atoms with Crippen molar-refractivity contribution < 1.29 is 21.7 Å². The van der Waals surface area contributed by atoms with Gasteiger partial charge < -0.3 is 0 Å². The van der Waals surface area contributed by atoms with E-state index in [-0.39, 0.29) is 31.0 Å². The Morgan fingerprint density at radius 1 is 1.15 bits per heavy atom. The molecule has 0 atom stereocenters. The number of hydrogen-bond donors (Lipinski definition) is 1. The summed E-state index contributed by atoms with van der Waals surface area (Å²) in [5, 5.41) is -0.707. The van der Waals surface area contributed by atoms with E-state index in [4.69, 9.17) is 4.84 Å². The summed E-state index contributed by atoms with van der Waals surface area (Å²) in [5.74, 6) is -0.172. The van der Waals surface area contributed by atoms with Crippen molar-refractivity contribution in [1.82, 2.24) is 4.89 Å². The highest BCUT2D eigenvalue weighted by atomic mass is 32.2. The first-order chi connectivity index (χ1) is 9.39. The molecule has 112 valence electrons. The van der Waals surface area contributed by atoms with Crippen LogP contribution < -0.4 is 4.89 Å². The summed E-state index contributed by atoms with van der Waals surface area (Å²) in [6.07, 6.45) is 0.235. The average Bonchev–Trinajstić information content (AvgIpc) is 2.39. The molecule has 1 aliphatic rings. The molecule has 0 bridgehead atoms. The zero-order chi connectivity index (χ0) is 14.6. The predicted octanol–water partition coefficient (Wildman–Crippen LogP) is 0.615. The summed E-state index contributed by atoms with van der Waals surface area (Å²) in [5.41, 5.74) is 0.849. The molecule has 2 rings (SSSR count). The summed E-state index contributed by atoms with van der Waals surface area (Å²) in [6.45, 7) is 0.130. The van der Waals surface area contributed by atoms with Crippen molar-refractivity contribution in [1.29, 1.82) is 0 Å². The van der Waals surface area contributed by atoms with Gasteiger partial charge in [0, 0.05) is 0 Å². The summed E-state index contributed by atoms with van der Waals surface area (Å²) >= 11 is 0. The number of sulfonamides is 1. The van der Waals surface area contributed by atoms with Gasteiger partial charge in [0.15, 0.2) is 0 Å². The lowest BCUT2D eigenvalue weighted by Gasteiger charge is -2.21. The van der Waals surface area contributed by atoms with Gasteiger partial charge in [0.1, 0.15) is 9.84 Å². The second-order valence-corrected chi connectivity index (χ2v) is 8.98. The Morgan fingerprint density at radius 3 is 2.35 bits per heavy atom. The van der Waals surface area contributed by atoms with Crippen LogP contribution in [0.2, 0.25) is 0 Å². The molecule has 1 aromatic carbocycles. The van der Waals surface area contributed by atoms with Crippen molar-refractivity contribution in [2.75, 3.05) is 11.5 Å². The zero-order valence-electron chi connectivity index (χ0n) is 10.9. The highest BCUT2D eigenvalue weighted by Gasteiger charge is 2.32. The van der Waals surface area contributed by atoms with Gasteiger partial charge >= 0.3 is 0 Å². The van der Waals surface area contributed by atoms with Crippen molar-refractivity contribution in [2.45, 2.75) is 24.7 Å². The van der Waals surface area contributed by atoms with Crippen molar-refractivity contribution in [2.24, 2.45) is 0 Å². The normalized spacial score (nSPS) is 19.8. The molecule has 1 heterocycles. The first kappa shape index (κ1) is 15.4. The SMILES string of the molecule is O=S1(=O)CCC(S(=O)(=O)NOCc2ccccc2)CC1. The van der Waals surface area contributed by atoms with Crippen LogP contribution in [0.4, 0.5) is 0 Å². The third-order valence-electron chi connectivity index (χ3n) is 3.20. The van der Waals surface area contributed by atoms with Crippen LogP contribution in [0.1, 0.15) is 18.4 Å². The van der Waals surface area contributed by atoms with Crippen LogP contribution in [0, 0.1) is 0 Å². The van der Waals surface area contributed by atoms with Crippen molar-refractivity contribution in [3.05, 3.63) is 35.9 Å². The molecule has 1 aromatic rings. The first-order valence-corrected chi connectivity index (χ1v) is 9.63. The topological polar surface area (TPSA) is 89.5 Å². The van der Waals surface area contributed by atoms with Crippen LogP contribution in [0.25, 0.3) is 0 Å². The number of nitrogens with one attached hydrogen (secondary N) is 1. The van der Waals surface area contributed by atoms with Crippen molar-refractivity contribution >= 4 is 19.9 Å². The fourth-order valence-corrected chi connectivity index (χ4v) is 5.02. The molecule has 8 heteroatoms. The van der Waals surface area contributed by atoms with Gasteiger partial charge in [-0.05, 0) is 18.4 Å². The zero-order valence-corrected chi connectivity index (χ0v) is 12.5. The minimum Gasteiger partial charge on any atom is -0.282 e. The first-order valence-electron chi connectivity index (χ1n) is 6.26. The molecule has 1 saturated heterocycles. The van der Waals surface area contributed by atoms with Gasteiger partial charge in [-0.3, -0.25) is 4.84 Å². The Hall–Kier alpha value is -0.960. The second-order valence-electron chi connectivity index (χ2n) is 4.75. The molecule has 0 radical (unpaired) electrons. The molecule has 0 saturated carbocycles. The van der Waals surface area contributed by atoms with Crippen molar-refractivity contribution in [3.8, 4) is 0 Å². The molecule has 20 heavy (non-hydrogen) atoms. The maximum atomic E-state index is 12.0. The van der Waals surface area contributed by atoms with Crippen LogP contribution in [-0.2, 0) is 31.3 Å². The van der Waals surface area contributed by atoms with Gasteiger partial charge in [0.25, 0.3) is 0 Å². The minimum absolute atomic E-state index is 0.0860. The summed E-state index contributed by atoms with van der Waals surface area (Å²) in [6, 6.07) is 9.16. The van der Waals surface area contributed by atoms with Crippen molar-refractivity contribution in [3.63, 3.8) is 0 Å². The smallest absolute Gasteiger partial charge is 0.236 e. The van der Waals surface area contributed by atoms with Crippen LogP contribution in [0.3, 0.4) is 0 Å². The van der Waals surface area contributed by atoms with E-state index < -0.39 is 25.1 Å². The molecule has 0 aromatic heterocycles. The number of hydrogen-bond acceptors (Lipinski definition) is 5. The summed E-state index contributed by atoms with van der Waals surface area (Å²) < 4.78 is 46.5. The Morgan fingerprint density at radius 2 is 1.75 bits per heavy atom. The van der Waals surface area contributed by atoms with E-state index in [1.807, 2.05) is 30.3 Å². The molecule has 0 aliphatic carbocycles. The lowest BCUT2D eigenvalue weighted by molar-refractivity contribution is 0.0786. The quantitative estimate of drug-likeness (QED) is 0.803. The van der Waals surface area contributed by atoms with E-state index >= 15 is 0 Å². The lowest BCUT2D eigenvalue weighted by Crippen LogP contribution is -2.39. The lowest BCUT2D eigenvalue weighted by atomic mass is 10.2. The third-order valence-corrected chi connectivity index (χ3v) is 6.61. The van der Waals surface area contributed by atoms with E-state index in [1.54, 1.807) is 0 Å². The Kier molecular flexibility index (Phi) is 4.79. The van der Waals surface area contributed by atoms with Gasteiger partial charge in [0.05, 0.1) is 23.4 Å². The Bertz CT molecular complexity index is 626. The number of benzene rings is 1. The Balaban J connectivity index is 1.86. The predicted molar refractivity (Wildman–Crippen MR) is 75.0 cm³/mol. The van der Waals surface area contributed by atoms with Crippen LogP contribution in [0.5, 0.6) is 0 Å². The molecular formula is C12H17NO5S2. The fraction of sp³-hybridized carbons (Fsp3) is 0.500. The van der Waals surface area contributed by atoms with E-state index in [2.05, 4.69) is 4.89 Å². The van der Waals surface area contributed by atoms with Gasteiger partial charge in [-0.25, -0.2) is 16.8 Å². The maximum Gasteiger partial charge on any atom is 0.236 e. The molecule has 1 fully saturated rings. The highest BCUT2D eigenvalue weighted by molar-refractivity contribution is 7.92. The largest absolute Gasteiger partial charge is 0.282 e. The van der Waals surface area contributed by atoms with Gasteiger partial charge in [-0.2, -0.15) is 0 Å². The van der Waals surface area contributed by atoms with E-state index in [9.17, 15) is 16.8 Å². The summed E-state index contributed by atoms with van der Waals surface area (Å²) in [4.78, 5) is 7.08. The average molecular weight is 319 g/mol. The molecule has 1 aliphatic heterocycles. The highest BCUT2D eigenvalue weighted by Crippen LogP contribution is 2.18. The third kappa shape index (κ3) is 4.27. The Labute approximate surface area is 119 Å². The molecule has 1 N–H and O–H groups in total. The fourth-order valence-electron chi connectivity index (χ4n) is 2.02. The van der Waals surface area contributed by atoms with Gasteiger partial charge in [-0.1, -0.05) is 35.2 Å². The molecule has 0 spiro atoms. The number of rotatable bonds is 5. The maximum absolute atomic E-state index is 12.0. The van der Waals surface area contributed by atoms with E-state index in [1.165, 1.54) is 0 Å². The van der Waals surface area contributed by atoms with Gasteiger partial charge in [-0.15, -0.1) is 0 Å².